The van der Waals surface area contributed by atoms with E-state index < -0.39 is 263 Å². The number of H-pyrrole nitrogens is 4. The first-order valence-corrected chi connectivity index (χ1v) is 55.9. The Morgan fingerprint density at radius 3 is 0.940 bits per heavy atom. The topological polar surface area (TPSA) is 830 Å². The Balaban J connectivity index is 0.000000176. The molecular formula is C82H93N9O50P8-8. The molecule has 814 valence electrons. The smallest absolute Gasteiger partial charge is 0.412 e. The maximum Gasteiger partial charge on any atom is 0.412 e. The molecule has 0 radical (unpaired) electrons. The number of phosphoric ester groups is 8. The molecule has 9 aromatic rings. The lowest BCUT2D eigenvalue weighted by molar-refractivity contribution is -0.249. The van der Waals surface area contributed by atoms with Crippen LogP contribution in [0, 0.1) is 0 Å². The number of para-hydroxylation sites is 1. The van der Waals surface area contributed by atoms with Crippen molar-refractivity contribution >= 4 is 80.3 Å². The SMILES string of the molecule is CCCOP(=O)([O-])OP(=O)([O-])OC[C@H]1O[C@@H](n2ccc(=O)[nH]c2=O)[C@@H](OC(=O)Nc2ccccc2)C1O.CCCOP(=O)([O-])OP(=O)([O-])OC[C@H]1O[C@@H](n2ccc(=O)[nH]c2=O)[C@@H](OC(=O)c2ccccc2)C1O.CCCOP(=O)([O-])OP(=O)([O-])OC[C@H]1O[C@@H](n2ccc(=O)[nH]c2=O)[C@H]2OC(Cc3ccccc3)OC12.O=c1ccn([C@@H]2O[C@H](COP(=O)([O-])OP(=O)([O-])OCc3ccccc3)C3OC(Cc4ccccc4)O[C@@H]32)c(=O)[nH]1. The predicted molar refractivity (Wildman–Crippen MR) is 485 cm³/mol. The van der Waals surface area contributed by atoms with E-state index in [0.29, 0.717) is 30.5 Å². The molecule has 6 aliphatic heterocycles. The zero-order chi connectivity index (χ0) is 108. The van der Waals surface area contributed by atoms with E-state index in [1.54, 1.807) is 99.6 Å². The normalized spacial score (nSPS) is 26.4. The van der Waals surface area contributed by atoms with Crippen LogP contribution < -0.4 is 89.5 Å². The highest BCUT2D eigenvalue weighted by Gasteiger charge is 2.57. The Morgan fingerprint density at radius 2 is 0.611 bits per heavy atom. The second-order valence-corrected chi connectivity index (χ2v) is 43.7. The third-order valence-electron chi connectivity index (χ3n) is 20.9. The number of carbonyl (C=O) groups is 2. The number of ether oxygens (including phenoxy) is 10. The second-order valence-electron chi connectivity index (χ2n) is 31.9. The van der Waals surface area contributed by atoms with E-state index in [1.165, 1.54) is 24.5 Å². The van der Waals surface area contributed by atoms with Gasteiger partial charge in [0.15, 0.2) is 49.7 Å². The Hall–Kier alpha value is -9.80. The number of phosphoric acid groups is 8. The number of carbonyl (C=O) groups excluding carboxylic acids is 2. The zero-order valence-corrected chi connectivity index (χ0v) is 84.6. The number of amides is 1. The number of nitrogens with zero attached hydrogens (tertiary/aromatic N) is 4. The molecule has 0 saturated carbocycles. The number of rotatable bonds is 44. The summed E-state index contributed by atoms with van der Waals surface area (Å²) in [4.78, 5) is 224. The Bertz CT molecular complexity index is 6940. The molecule has 59 nitrogen and oxygen atoms in total. The van der Waals surface area contributed by atoms with Crippen LogP contribution >= 0.6 is 62.6 Å². The van der Waals surface area contributed by atoms with Gasteiger partial charge in [0.1, 0.15) is 61.0 Å². The van der Waals surface area contributed by atoms with Crippen LogP contribution in [-0.4, -0.2) is 193 Å². The number of aromatic nitrogens is 8. The lowest BCUT2D eigenvalue weighted by atomic mass is 10.1. The van der Waals surface area contributed by atoms with Gasteiger partial charge >= 0.3 is 34.8 Å². The van der Waals surface area contributed by atoms with E-state index in [-0.39, 0.29) is 38.2 Å². The minimum atomic E-state index is -5.51. The molecule has 5 aromatic carbocycles. The van der Waals surface area contributed by atoms with Gasteiger partial charge in [-0.1, -0.05) is 148 Å². The van der Waals surface area contributed by atoms with Crippen molar-refractivity contribution < 1.29 is 196 Å². The number of aromatic amines is 4. The van der Waals surface area contributed by atoms with Crippen molar-refractivity contribution in [3.63, 3.8) is 0 Å². The summed E-state index contributed by atoms with van der Waals surface area (Å²) in [6.07, 6.45) is -17.5. The van der Waals surface area contributed by atoms with Crippen LogP contribution in [0.3, 0.4) is 0 Å². The van der Waals surface area contributed by atoms with Gasteiger partial charge in [0, 0.05) is 67.6 Å². The molecular weight excluding hydrogens is 2160 g/mol. The Labute approximate surface area is 839 Å². The number of hydrogen-bond donors (Lipinski definition) is 7. The molecule has 149 heavy (non-hydrogen) atoms. The van der Waals surface area contributed by atoms with Crippen LogP contribution in [0.1, 0.15) is 92.0 Å². The van der Waals surface area contributed by atoms with E-state index in [0.717, 1.165) is 66.1 Å². The fourth-order valence-corrected chi connectivity index (χ4v) is 22.8. The number of aliphatic hydroxyl groups excluding tert-OH is 2. The highest BCUT2D eigenvalue weighted by atomic mass is 31.3. The fraction of sp³-hybridized carbons (Fsp3) is 0.415. The van der Waals surface area contributed by atoms with Gasteiger partial charge in [-0.2, -0.15) is 0 Å². The average molecular weight is 2250 g/mol. The number of aliphatic hydroxyl groups is 2. The molecule has 7 N–H and O–H groups in total. The molecule has 6 fully saturated rings. The minimum Gasteiger partial charge on any atom is -0.756 e. The lowest BCUT2D eigenvalue weighted by Gasteiger charge is -2.31. The quantitative estimate of drug-likeness (QED) is 0.0200. The van der Waals surface area contributed by atoms with Crippen LogP contribution in [0.5, 0.6) is 0 Å². The third-order valence-corrected chi connectivity index (χ3v) is 31.1. The molecule has 6 aliphatic rings. The number of anilines is 1. The van der Waals surface area contributed by atoms with Crippen molar-refractivity contribution in [2.24, 2.45) is 0 Å². The third kappa shape index (κ3) is 34.9. The van der Waals surface area contributed by atoms with Crippen LogP contribution in [0.4, 0.5) is 10.5 Å². The lowest BCUT2D eigenvalue weighted by Crippen LogP contribution is -2.41. The minimum absolute atomic E-state index is 0.104. The summed E-state index contributed by atoms with van der Waals surface area (Å²) in [5.41, 5.74) is -3.50. The van der Waals surface area contributed by atoms with E-state index in [1.807, 2.05) is 70.6 Å². The summed E-state index contributed by atoms with van der Waals surface area (Å²) in [5, 5.41) is 23.8. The molecule has 0 bridgehead atoms. The summed E-state index contributed by atoms with van der Waals surface area (Å²) in [7, 11) is -42.8. The summed E-state index contributed by atoms with van der Waals surface area (Å²) >= 11 is 0. The molecule has 14 unspecified atom stereocenters. The maximum atomic E-state index is 12.6. The van der Waals surface area contributed by atoms with Crippen molar-refractivity contribution in [1.29, 1.82) is 0 Å². The number of nitrogens with one attached hydrogen (secondary N) is 5. The van der Waals surface area contributed by atoms with E-state index in [4.69, 9.17) is 56.4 Å². The fourth-order valence-electron chi connectivity index (χ4n) is 14.5. The molecule has 67 heteroatoms. The summed E-state index contributed by atoms with van der Waals surface area (Å²) in [6.45, 7) is 0.0172. The van der Waals surface area contributed by atoms with Crippen molar-refractivity contribution in [2.45, 2.75) is 170 Å². The van der Waals surface area contributed by atoms with E-state index >= 15 is 0 Å². The number of esters is 1. The first kappa shape index (κ1) is 118. The molecule has 26 atom stereocenters. The molecule has 10 heterocycles. The summed E-state index contributed by atoms with van der Waals surface area (Å²) < 4.78 is 209. The second kappa shape index (κ2) is 52.7. The first-order valence-electron chi connectivity index (χ1n) is 44.2. The zero-order valence-electron chi connectivity index (χ0n) is 77.5. The van der Waals surface area contributed by atoms with Crippen LogP contribution in [0.15, 0.2) is 239 Å². The molecule has 1 amide bonds. The first-order chi connectivity index (χ1) is 70.5. The summed E-state index contributed by atoms with van der Waals surface area (Å²) in [5.74, 6) is -0.898. The van der Waals surface area contributed by atoms with Crippen molar-refractivity contribution in [3.05, 3.63) is 306 Å². The van der Waals surface area contributed by atoms with E-state index in [9.17, 15) is 134 Å². The van der Waals surface area contributed by atoms with Crippen molar-refractivity contribution in [3.8, 4) is 0 Å². The van der Waals surface area contributed by atoms with Gasteiger partial charge in [0.25, 0.3) is 84.8 Å². The largest absolute Gasteiger partial charge is 0.756 e. The van der Waals surface area contributed by atoms with Gasteiger partial charge < -0.3 is 133 Å². The monoisotopic (exact) mass is 2250 g/mol. The molecule has 6 saturated heterocycles. The highest BCUT2D eigenvalue weighted by molar-refractivity contribution is 7.61. The Morgan fingerprint density at radius 1 is 0.336 bits per heavy atom. The van der Waals surface area contributed by atoms with Gasteiger partial charge in [0.2, 0.25) is 0 Å². The van der Waals surface area contributed by atoms with Gasteiger partial charge in [-0.3, -0.25) is 99.2 Å². The number of fused-ring (bicyclic) bond motifs is 2. The van der Waals surface area contributed by atoms with Crippen LogP contribution in [0.2, 0.25) is 0 Å². The maximum absolute atomic E-state index is 12.6. The molecule has 15 rings (SSSR count). The standard InChI is InChI=1S/C24H26N2O12P2.C20H26N2O12P2.C19H25N3O13P2.C19H24N2O13P2/c27-19-11-12-26(24(28)25-19)23-22-21(36-20(37-22)13-16-7-3-1-4-8-16)18(35-23)15-34-40(31,32)38-39(29,30)33-14-17-9-5-2-6-10-17;1-2-10-29-35(25,26)34-36(27,28)30-12-14-17-18(19(31-14)22-9-8-15(23)21-20(22)24)33-16(32-17)11-13-6-4-3-5-7-13;1-2-10-31-36(27,28)35-37(29,30)32-11-13-15(24)16(34-19(26)20-12-6-4-3-5-7-12)17(33-13)22-9-8-14(23)21-18(22)25;1-2-10-30-35(26,27)34-36(28,29)31-11-13-15(23)16(33-18(24)12-6-4-3-5-7-12)17(32-13)21-9-8-14(22)20-19(21)25/h1-12,18,20-23H,13-15H2,(H,29,30)(H,31,32)(H,25,27,28);3-9,14,16-19H,2,10-12H2,1H3,(H,25,26)(H,27,28)(H,21,23,24);3-9,13,15-17,24H,2,10-11H2,1H3,(H,20,26)(H,27,28)(H,29,30)(H,21,23,25);3-9,13,15-17,23H,2,10-11H2,1H3,(H,26,27)(H,28,29)(H,20,22,25)/p-8/t18-,20?,21?,22+,23-;14-,16?,17?,18+,19-;2*13-,15?,16+,17-/m1111/s1. The van der Waals surface area contributed by atoms with Crippen LogP contribution in [-0.2, 0) is 157 Å². The molecule has 0 aliphatic carbocycles. The van der Waals surface area contributed by atoms with Gasteiger partial charge in [0.05, 0.1) is 58.4 Å². The van der Waals surface area contributed by atoms with Crippen molar-refractivity contribution in [2.75, 3.05) is 51.6 Å². The highest BCUT2D eigenvalue weighted by Crippen LogP contribution is 2.60. The Kier molecular flexibility index (Phi) is 41.7. The molecule has 4 aromatic heterocycles. The summed E-state index contributed by atoms with van der Waals surface area (Å²) in [6, 6.07) is 46.6. The van der Waals surface area contributed by atoms with Gasteiger partial charge in [-0.15, -0.1) is 0 Å². The van der Waals surface area contributed by atoms with Gasteiger partial charge in [-0.25, -0.2) is 46.0 Å². The number of hydrogen-bond acceptors (Lipinski definition) is 50. The molecule has 0 spiro atoms. The van der Waals surface area contributed by atoms with Gasteiger partial charge in [-0.05, 0) is 60.2 Å². The van der Waals surface area contributed by atoms with Crippen LogP contribution in [0.25, 0.3) is 0 Å². The van der Waals surface area contributed by atoms with Crippen molar-refractivity contribution in [1.82, 2.24) is 38.2 Å². The van der Waals surface area contributed by atoms with E-state index in [2.05, 4.69) is 59.7 Å². The predicted octanol–water partition coefficient (Wildman–Crippen LogP) is 0.383. The average Bonchev–Trinajstić information content (AvgIpc) is 1.61. The number of benzene rings is 5.